The van der Waals surface area contributed by atoms with Gasteiger partial charge in [-0.2, -0.15) is 0 Å². The van der Waals surface area contributed by atoms with E-state index in [9.17, 15) is 9.59 Å². The molecule has 0 unspecified atom stereocenters. The van der Waals surface area contributed by atoms with Crippen molar-refractivity contribution in [2.45, 2.75) is 14.6 Å². The minimum absolute atomic E-state index is 0.0347. The fourth-order valence-corrected chi connectivity index (χ4v) is 0. The number of rotatable bonds is 2. The van der Waals surface area contributed by atoms with E-state index < -0.39 is 32.1 Å². The van der Waals surface area contributed by atoms with Gasteiger partial charge in [-0.05, 0) is 0 Å². The topological polar surface area (TPSA) is 74.6 Å². The van der Waals surface area contributed by atoms with E-state index in [0.29, 0.717) is 0 Å². The molecule has 0 atom stereocenters. The first-order valence-electron chi connectivity index (χ1n) is 3.44. The monoisotopic (exact) mass is 442 g/mol. The van der Waals surface area contributed by atoms with Crippen LogP contribution in [0.3, 0.4) is 0 Å². The molecule has 0 saturated carbocycles. The van der Waals surface area contributed by atoms with Gasteiger partial charge in [0.05, 0.1) is 0 Å². The first-order valence-corrected chi connectivity index (χ1v) is 13.3. The van der Waals surface area contributed by atoms with E-state index in [2.05, 4.69) is 46.5 Å². The molecule has 14 heavy (non-hydrogen) atoms. The van der Waals surface area contributed by atoms with Crippen molar-refractivity contribution in [3.8, 4) is 0 Å². The van der Waals surface area contributed by atoms with Gasteiger partial charge in [0.1, 0.15) is 10.7 Å². The Hall–Kier alpha value is 0.718. The molecule has 0 fully saturated rings. The third-order valence-electron chi connectivity index (χ3n) is 0.229. The molecule has 4 nitrogen and oxygen atoms in total. The second-order valence-electron chi connectivity index (χ2n) is 2.40. The molecule has 0 radical (unpaired) electrons. The van der Waals surface area contributed by atoms with E-state index in [1.807, 2.05) is 0 Å². The molecular formula is C7H15Br2O4Sb. The Balaban J connectivity index is -0.000000131. The molecule has 0 saturated heterocycles. The van der Waals surface area contributed by atoms with Gasteiger partial charge in [-0.15, -0.1) is 0 Å². The first-order chi connectivity index (χ1) is 6.27. The van der Waals surface area contributed by atoms with Gasteiger partial charge in [-0.3, -0.25) is 9.59 Å². The van der Waals surface area contributed by atoms with Crippen LogP contribution in [0.5, 0.6) is 0 Å². The molecule has 0 amide bonds. The number of carboxylic acids is 2. The van der Waals surface area contributed by atoms with Crippen LogP contribution >= 0.6 is 31.9 Å². The zero-order valence-corrected chi connectivity index (χ0v) is 14.1. The van der Waals surface area contributed by atoms with Crippen LogP contribution in [0, 0.1) is 0 Å². The van der Waals surface area contributed by atoms with Crippen molar-refractivity contribution < 1.29 is 19.8 Å². The SMILES string of the molecule is O=C(O)CBr.O=C(O)CBr.[CH3][Sb]([CH3])[CH3]. The Kier molecular flexibility index (Phi) is 23.3. The van der Waals surface area contributed by atoms with E-state index in [1.165, 1.54) is 0 Å². The fourth-order valence-electron chi connectivity index (χ4n) is 0. The maximum absolute atomic E-state index is 9.32. The summed E-state index contributed by atoms with van der Waals surface area (Å²) in [5.41, 5.74) is 0. The third kappa shape index (κ3) is 78.5. The summed E-state index contributed by atoms with van der Waals surface area (Å²) in [4.78, 5) is 25.7. The van der Waals surface area contributed by atoms with Gasteiger partial charge in [0, 0.05) is 0 Å². The number of hydrogen-bond donors (Lipinski definition) is 2. The summed E-state index contributed by atoms with van der Waals surface area (Å²) in [5, 5.41) is 15.4. The van der Waals surface area contributed by atoms with Gasteiger partial charge in [0.15, 0.2) is 0 Å². The second-order valence-corrected chi connectivity index (χ2v) is 11.2. The fraction of sp³-hybridized carbons (Fsp3) is 0.714. The summed E-state index contributed by atoms with van der Waals surface area (Å²) in [6.07, 6.45) is 0. The second kappa shape index (κ2) is 16.2. The molecule has 2 N–H and O–H groups in total. The van der Waals surface area contributed by atoms with Gasteiger partial charge in [0.25, 0.3) is 0 Å². The van der Waals surface area contributed by atoms with Crippen molar-refractivity contribution in [2.75, 3.05) is 10.7 Å². The van der Waals surface area contributed by atoms with Gasteiger partial charge >= 0.3 is 46.8 Å². The van der Waals surface area contributed by atoms with E-state index in [1.54, 1.807) is 0 Å². The average molecular weight is 445 g/mol. The maximum atomic E-state index is 9.32. The molecule has 7 heteroatoms. The van der Waals surface area contributed by atoms with Crippen molar-refractivity contribution in [1.82, 2.24) is 0 Å². The number of hydrogen-bond acceptors (Lipinski definition) is 2. The molecule has 0 aliphatic heterocycles. The molecule has 0 rings (SSSR count). The summed E-state index contributed by atoms with van der Waals surface area (Å²) in [7, 11) is 0. The number of carboxylic acid groups (broad SMARTS) is 2. The van der Waals surface area contributed by atoms with E-state index in [4.69, 9.17) is 10.2 Å². The molecule has 0 bridgehead atoms. The van der Waals surface area contributed by atoms with Crippen LogP contribution in [0.4, 0.5) is 0 Å². The summed E-state index contributed by atoms with van der Waals surface area (Å²) in [5.74, 6) is -1.66. The third-order valence-corrected chi connectivity index (χ3v) is 1.19. The van der Waals surface area contributed by atoms with E-state index in [0.717, 1.165) is 0 Å². The Morgan fingerprint density at radius 1 is 1.00 bits per heavy atom. The van der Waals surface area contributed by atoms with E-state index in [-0.39, 0.29) is 10.7 Å². The molecule has 0 aliphatic carbocycles. The van der Waals surface area contributed by atoms with Gasteiger partial charge < -0.3 is 10.2 Å². The number of aliphatic carboxylic acids is 2. The number of carbonyl (C=O) groups is 2. The Labute approximate surface area is 108 Å². The van der Waals surface area contributed by atoms with Crippen LogP contribution in [-0.4, -0.2) is 53.0 Å². The molecule has 0 heterocycles. The Morgan fingerprint density at radius 2 is 1.07 bits per heavy atom. The minimum atomic E-state index is -0.829. The van der Waals surface area contributed by atoms with Crippen molar-refractivity contribution in [3.05, 3.63) is 0 Å². The van der Waals surface area contributed by atoms with Crippen LogP contribution in [0.2, 0.25) is 14.6 Å². The standard InChI is InChI=1S/2C2H3BrO2.3CH3.Sb/c2*3-1-2(4)5;;;;/h2*1H2,(H,4,5);3*1H3;. The zero-order chi connectivity index (χ0) is 12.1. The number of halogens is 2. The summed E-state index contributed by atoms with van der Waals surface area (Å²) in [6, 6.07) is 0. The Morgan fingerprint density at radius 3 is 1.07 bits per heavy atom. The van der Waals surface area contributed by atoms with E-state index >= 15 is 0 Å². The summed E-state index contributed by atoms with van der Waals surface area (Å²) in [6.45, 7) is 0. The van der Waals surface area contributed by atoms with Gasteiger partial charge in [0.2, 0.25) is 0 Å². The quantitative estimate of drug-likeness (QED) is 0.506. The normalized spacial score (nSPS) is 7.86. The molecule has 0 aromatic carbocycles. The summed E-state index contributed by atoms with van der Waals surface area (Å²) >= 11 is 4.98. The van der Waals surface area contributed by atoms with Crippen molar-refractivity contribution in [1.29, 1.82) is 0 Å². The van der Waals surface area contributed by atoms with Crippen molar-refractivity contribution in [2.24, 2.45) is 0 Å². The average Bonchev–Trinajstić information content (AvgIpc) is 2.04. The zero-order valence-electron chi connectivity index (χ0n) is 8.33. The predicted molar refractivity (Wildman–Crippen MR) is 66.2 cm³/mol. The molecule has 86 valence electrons. The van der Waals surface area contributed by atoms with Crippen LogP contribution in [0.15, 0.2) is 0 Å². The van der Waals surface area contributed by atoms with Crippen LogP contribution in [-0.2, 0) is 9.59 Å². The van der Waals surface area contributed by atoms with Gasteiger partial charge in [-0.1, -0.05) is 31.9 Å². The molecule has 0 spiro atoms. The molecule has 0 aliphatic rings. The van der Waals surface area contributed by atoms with Crippen LogP contribution < -0.4 is 0 Å². The van der Waals surface area contributed by atoms with Crippen molar-refractivity contribution in [3.63, 3.8) is 0 Å². The van der Waals surface area contributed by atoms with Crippen LogP contribution in [0.25, 0.3) is 0 Å². The number of alkyl halides is 2. The summed E-state index contributed by atoms with van der Waals surface area (Å²) < 4.78 is 0. The Bertz CT molecular complexity index is 136. The first kappa shape index (κ1) is 20.2. The van der Waals surface area contributed by atoms with Crippen LogP contribution in [0.1, 0.15) is 0 Å². The predicted octanol–water partition coefficient (Wildman–Crippen LogP) is 2.30. The van der Waals surface area contributed by atoms with Gasteiger partial charge in [-0.25, -0.2) is 0 Å². The molecular weight excluding hydrogens is 430 g/mol. The van der Waals surface area contributed by atoms with Crippen molar-refractivity contribution >= 4 is 64.0 Å². The molecule has 0 aromatic rings. The molecule has 0 aromatic heterocycles.